The average Bonchev–Trinajstić information content (AvgIpc) is 2.62. The fraction of sp³-hybridized carbons (Fsp3) is 0.125. The summed E-state index contributed by atoms with van der Waals surface area (Å²) in [6.07, 6.45) is 0. The third-order valence-corrected chi connectivity index (χ3v) is 6.27. The molecule has 0 saturated carbocycles. The zero-order valence-corrected chi connectivity index (χ0v) is 17.5. The van der Waals surface area contributed by atoms with Gasteiger partial charge in [0.15, 0.2) is 0 Å². The van der Waals surface area contributed by atoms with Gasteiger partial charge in [0.2, 0.25) is 5.91 Å². The van der Waals surface area contributed by atoms with Gasteiger partial charge in [0, 0.05) is 12.6 Å². The predicted octanol–water partition coefficient (Wildman–Crippen LogP) is 2.79. The minimum atomic E-state index is -4.24. The van der Waals surface area contributed by atoms with Crippen molar-refractivity contribution >= 4 is 68.0 Å². The van der Waals surface area contributed by atoms with Gasteiger partial charge in [-0.05, 0) is 36.4 Å². The summed E-state index contributed by atoms with van der Waals surface area (Å²) >= 11 is 18.0. The van der Waals surface area contributed by atoms with Gasteiger partial charge in [-0.15, -0.1) is 0 Å². The first-order valence-electron chi connectivity index (χ1n) is 7.60. The second-order valence-corrected chi connectivity index (χ2v) is 8.59. The minimum Gasteiger partial charge on any atom is -0.326 e. The van der Waals surface area contributed by atoms with Gasteiger partial charge in [0.05, 0.1) is 25.7 Å². The Labute approximate surface area is 176 Å². The van der Waals surface area contributed by atoms with Crippen LogP contribution in [0.15, 0.2) is 41.3 Å². The number of hydrazine groups is 1. The topological polar surface area (TPSA) is 122 Å². The molecule has 0 aliphatic carbocycles. The van der Waals surface area contributed by atoms with Crippen LogP contribution in [-0.2, 0) is 19.6 Å². The molecule has 8 nitrogen and oxygen atoms in total. The van der Waals surface area contributed by atoms with Gasteiger partial charge >= 0.3 is 0 Å². The number of hydrogen-bond donors (Lipinski definition) is 3. The summed E-state index contributed by atoms with van der Waals surface area (Å²) in [5.41, 5.74) is 2.23. The van der Waals surface area contributed by atoms with E-state index in [0.717, 1.165) is 4.31 Å². The fourth-order valence-corrected chi connectivity index (χ4v) is 4.34. The molecular weight excluding hydrogens is 451 g/mol. The van der Waals surface area contributed by atoms with Crippen molar-refractivity contribution in [3.63, 3.8) is 0 Å². The van der Waals surface area contributed by atoms with Crippen LogP contribution in [0.1, 0.15) is 6.92 Å². The molecule has 0 aromatic heterocycles. The van der Waals surface area contributed by atoms with Crippen LogP contribution in [0.3, 0.4) is 0 Å². The first-order chi connectivity index (χ1) is 13.1. The summed E-state index contributed by atoms with van der Waals surface area (Å²) in [5.74, 6) is 4.01. The van der Waals surface area contributed by atoms with Crippen LogP contribution >= 0.6 is 34.8 Å². The summed E-state index contributed by atoms with van der Waals surface area (Å²) in [7, 11) is -4.24. The van der Waals surface area contributed by atoms with Crippen LogP contribution in [0.4, 0.5) is 11.4 Å². The summed E-state index contributed by atoms with van der Waals surface area (Å²) in [5, 5.41) is 2.67. The van der Waals surface area contributed by atoms with Gasteiger partial charge in [-0.1, -0.05) is 34.8 Å². The SMILES string of the molecule is CC(=O)Nc1ccc(S(=O)(=O)N(CC(=O)NN)c2cc(Cl)c(Cl)cc2Cl)cc1. The van der Waals surface area contributed by atoms with E-state index in [2.05, 4.69) is 5.32 Å². The van der Waals surface area contributed by atoms with E-state index in [-0.39, 0.29) is 31.6 Å². The lowest BCUT2D eigenvalue weighted by Crippen LogP contribution is -2.43. The molecule has 0 unspecified atom stereocenters. The molecule has 0 heterocycles. The van der Waals surface area contributed by atoms with E-state index in [1.54, 1.807) is 0 Å². The van der Waals surface area contributed by atoms with E-state index in [1.165, 1.54) is 43.3 Å². The van der Waals surface area contributed by atoms with Crippen molar-refractivity contribution in [3.8, 4) is 0 Å². The molecule has 0 aliphatic heterocycles. The van der Waals surface area contributed by atoms with Gasteiger partial charge in [-0.25, -0.2) is 14.3 Å². The molecular formula is C16H15Cl3N4O4S. The number of halogens is 3. The van der Waals surface area contributed by atoms with Gasteiger partial charge in [0.25, 0.3) is 15.9 Å². The first kappa shape index (κ1) is 22.3. The molecule has 0 bridgehead atoms. The molecule has 150 valence electrons. The normalized spacial score (nSPS) is 11.0. The molecule has 28 heavy (non-hydrogen) atoms. The molecule has 0 atom stereocenters. The number of nitrogens with one attached hydrogen (secondary N) is 2. The number of hydrogen-bond acceptors (Lipinski definition) is 5. The van der Waals surface area contributed by atoms with Gasteiger partial charge in [0.1, 0.15) is 6.54 Å². The second-order valence-electron chi connectivity index (χ2n) is 5.50. The summed E-state index contributed by atoms with van der Waals surface area (Å²) in [6.45, 7) is 0.675. The summed E-state index contributed by atoms with van der Waals surface area (Å²) in [4.78, 5) is 22.8. The van der Waals surface area contributed by atoms with Crippen molar-refractivity contribution in [1.29, 1.82) is 0 Å². The second kappa shape index (κ2) is 8.97. The van der Waals surface area contributed by atoms with E-state index in [4.69, 9.17) is 40.6 Å². The Morgan fingerprint density at radius 1 is 1.04 bits per heavy atom. The number of carbonyl (C=O) groups excluding carboxylic acids is 2. The zero-order chi connectivity index (χ0) is 21.1. The Morgan fingerprint density at radius 2 is 1.61 bits per heavy atom. The molecule has 2 amide bonds. The smallest absolute Gasteiger partial charge is 0.264 e. The highest BCUT2D eigenvalue weighted by molar-refractivity contribution is 7.92. The van der Waals surface area contributed by atoms with Crippen molar-refractivity contribution in [2.75, 3.05) is 16.2 Å². The number of nitrogens with zero attached hydrogens (tertiary/aromatic N) is 1. The highest BCUT2D eigenvalue weighted by Crippen LogP contribution is 2.37. The molecule has 0 saturated heterocycles. The van der Waals surface area contributed by atoms with Crippen molar-refractivity contribution in [2.45, 2.75) is 11.8 Å². The third kappa shape index (κ3) is 5.06. The predicted molar refractivity (Wildman–Crippen MR) is 109 cm³/mol. The number of anilines is 2. The molecule has 0 fully saturated rings. The van der Waals surface area contributed by atoms with E-state index >= 15 is 0 Å². The number of nitrogens with two attached hydrogens (primary N) is 1. The van der Waals surface area contributed by atoms with Crippen LogP contribution < -0.4 is 20.9 Å². The number of benzene rings is 2. The Balaban J connectivity index is 2.54. The molecule has 4 N–H and O–H groups in total. The number of amides is 2. The third-order valence-electron chi connectivity index (χ3n) is 3.47. The molecule has 2 aromatic carbocycles. The van der Waals surface area contributed by atoms with E-state index in [0.29, 0.717) is 5.69 Å². The van der Waals surface area contributed by atoms with E-state index in [1.807, 2.05) is 5.43 Å². The molecule has 0 aliphatic rings. The van der Waals surface area contributed by atoms with Gasteiger partial charge < -0.3 is 5.32 Å². The van der Waals surface area contributed by atoms with Crippen molar-refractivity contribution in [2.24, 2.45) is 5.84 Å². The van der Waals surface area contributed by atoms with Crippen LogP contribution in [0.2, 0.25) is 15.1 Å². The number of sulfonamides is 1. The molecule has 0 spiro atoms. The van der Waals surface area contributed by atoms with Gasteiger partial charge in [-0.2, -0.15) is 0 Å². The lowest BCUT2D eigenvalue weighted by atomic mass is 10.3. The Morgan fingerprint density at radius 3 is 2.14 bits per heavy atom. The van der Waals surface area contributed by atoms with Gasteiger partial charge in [-0.3, -0.25) is 19.3 Å². The maximum Gasteiger partial charge on any atom is 0.264 e. The average molecular weight is 466 g/mol. The number of rotatable bonds is 6. The van der Waals surface area contributed by atoms with E-state index in [9.17, 15) is 18.0 Å². The number of carbonyl (C=O) groups is 2. The van der Waals surface area contributed by atoms with Crippen LogP contribution in [-0.4, -0.2) is 26.8 Å². The van der Waals surface area contributed by atoms with Crippen molar-refractivity contribution in [3.05, 3.63) is 51.5 Å². The maximum absolute atomic E-state index is 13.1. The standard InChI is InChI=1S/C16H15Cl3N4O4S/c1-9(24)21-10-2-4-11(5-3-10)28(26,27)23(8-16(25)22-20)15-7-13(18)12(17)6-14(15)19/h2-7H,8,20H2,1H3,(H,21,24)(H,22,25). The monoisotopic (exact) mass is 464 g/mol. The van der Waals surface area contributed by atoms with Crippen molar-refractivity contribution < 1.29 is 18.0 Å². The maximum atomic E-state index is 13.1. The fourth-order valence-electron chi connectivity index (χ4n) is 2.22. The molecule has 2 rings (SSSR count). The Bertz CT molecular complexity index is 1010. The van der Waals surface area contributed by atoms with Crippen LogP contribution in [0, 0.1) is 0 Å². The highest BCUT2D eigenvalue weighted by atomic mass is 35.5. The lowest BCUT2D eigenvalue weighted by Gasteiger charge is -2.25. The Hall–Kier alpha value is -2.04. The zero-order valence-electron chi connectivity index (χ0n) is 14.4. The lowest BCUT2D eigenvalue weighted by molar-refractivity contribution is -0.119. The highest BCUT2D eigenvalue weighted by Gasteiger charge is 2.29. The minimum absolute atomic E-state index is 0.0299. The summed E-state index contributed by atoms with van der Waals surface area (Å²) < 4.78 is 27.1. The largest absolute Gasteiger partial charge is 0.326 e. The van der Waals surface area contributed by atoms with Crippen LogP contribution in [0.5, 0.6) is 0 Å². The van der Waals surface area contributed by atoms with Crippen molar-refractivity contribution in [1.82, 2.24) is 5.43 Å². The van der Waals surface area contributed by atoms with E-state index < -0.39 is 22.5 Å². The van der Waals surface area contributed by atoms with Crippen LogP contribution in [0.25, 0.3) is 0 Å². The molecule has 12 heteroatoms. The first-order valence-corrected chi connectivity index (χ1v) is 10.2. The molecule has 0 radical (unpaired) electrons. The quantitative estimate of drug-likeness (QED) is 0.262. The molecule has 2 aromatic rings. The summed E-state index contributed by atoms with van der Waals surface area (Å²) in [6, 6.07) is 7.87. The Kier molecular flexibility index (Phi) is 7.13.